The summed E-state index contributed by atoms with van der Waals surface area (Å²) < 4.78 is 5.67. The first-order chi connectivity index (χ1) is 9.56. The predicted molar refractivity (Wildman–Crippen MR) is 80.2 cm³/mol. The molecule has 4 nitrogen and oxygen atoms in total. The lowest BCUT2D eigenvalue weighted by molar-refractivity contribution is -0.123. The summed E-state index contributed by atoms with van der Waals surface area (Å²) in [6.07, 6.45) is 2.33. The van der Waals surface area contributed by atoms with Crippen LogP contribution in [0.5, 0.6) is 5.75 Å². The van der Waals surface area contributed by atoms with Crippen molar-refractivity contribution < 1.29 is 9.53 Å². The third-order valence-corrected chi connectivity index (χ3v) is 3.66. The monoisotopic (exact) mass is 276 g/mol. The smallest absolute Gasteiger partial charge is 0.257 e. The molecule has 0 bridgehead atoms. The number of carbonyl (C=O) groups is 1. The van der Waals surface area contributed by atoms with E-state index in [2.05, 4.69) is 29.7 Å². The molecule has 1 aromatic carbocycles. The summed E-state index contributed by atoms with van der Waals surface area (Å²) in [5, 5.41) is 6.27. The molecule has 20 heavy (non-hydrogen) atoms. The molecule has 0 aromatic heterocycles. The van der Waals surface area contributed by atoms with E-state index in [1.54, 1.807) is 0 Å². The summed E-state index contributed by atoms with van der Waals surface area (Å²) in [5.74, 6) is 0.766. The molecule has 2 rings (SSSR count). The van der Waals surface area contributed by atoms with E-state index in [0.29, 0.717) is 12.6 Å². The molecule has 2 N–H and O–H groups in total. The second-order valence-corrected chi connectivity index (χ2v) is 5.61. The van der Waals surface area contributed by atoms with Crippen LogP contribution >= 0.6 is 0 Å². The number of carbonyl (C=O) groups excluding carboxylic acids is 1. The predicted octanol–water partition coefficient (Wildman–Crippen LogP) is 1.86. The normalized spacial score (nSPS) is 18.1. The van der Waals surface area contributed by atoms with Crippen molar-refractivity contribution in [3.8, 4) is 5.75 Å². The largest absolute Gasteiger partial charge is 0.483 e. The maximum absolute atomic E-state index is 11.8. The van der Waals surface area contributed by atoms with E-state index in [-0.39, 0.29) is 12.5 Å². The second-order valence-electron chi connectivity index (χ2n) is 5.61. The van der Waals surface area contributed by atoms with Gasteiger partial charge in [0.1, 0.15) is 5.75 Å². The van der Waals surface area contributed by atoms with Gasteiger partial charge in [-0.3, -0.25) is 4.79 Å². The van der Waals surface area contributed by atoms with E-state index in [0.717, 1.165) is 29.8 Å². The molecule has 1 aromatic rings. The summed E-state index contributed by atoms with van der Waals surface area (Å²) in [5.41, 5.74) is 3.37. The van der Waals surface area contributed by atoms with Gasteiger partial charge in [0.2, 0.25) is 0 Å². The van der Waals surface area contributed by atoms with Gasteiger partial charge >= 0.3 is 0 Å². The van der Waals surface area contributed by atoms with Crippen LogP contribution < -0.4 is 15.4 Å². The van der Waals surface area contributed by atoms with E-state index < -0.39 is 0 Å². The quantitative estimate of drug-likeness (QED) is 0.863. The van der Waals surface area contributed by atoms with Crippen molar-refractivity contribution in [2.45, 2.75) is 39.7 Å². The van der Waals surface area contributed by atoms with Gasteiger partial charge < -0.3 is 15.4 Å². The van der Waals surface area contributed by atoms with Gasteiger partial charge in [0.25, 0.3) is 5.91 Å². The molecule has 0 spiro atoms. The van der Waals surface area contributed by atoms with Crippen LogP contribution in [0.25, 0.3) is 0 Å². The minimum atomic E-state index is -0.0573. The highest BCUT2D eigenvalue weighted by Crippen LogP contribution is 2.24. The molecule has 1 unspecified atom stereocenters. The zero-order valence-corrected chi connectivity index (χ0v) is 12.6. The maximum atomic E-state index is 11.8. The van der Waals surface area contributed by atoms with Gasteiger partial charge in [-0.15, -0.1) is 0 Å². The standard InChI is InChI=1S/C16H24N2O2/c1-11-7-12(2)16(13(3)8-11)20-10-15(19)18-9-14-5-4-6-17-14/h7-8,14,17H,4-6,9-10H2,1-3H3,(H,18,19). The van der Waals surface area contributed by atoms with Crippen molar-refractivity contribution in [2.24, 2.45) is 0 Å². The van der Waals surface area contributed by atoms with Crippen LogP contribution in [0.4, 0.5) is 0 Å². The molecule has 0 radical (unpaired) electrons. The average Bonchev–Trinajstić information content (AvgIpc) is 2.88. The summed E-state index contributed by atoms with van der Waals surface area (Å²) in [4.78, 5) is 11.8. The number of ether oxygens (including phenoxy) is 1. The molecule has 1 amide bonds. The number of hydrogen-bond donors (Lipinski definition) is 2. The Hall–Kier alpha value is -1.55. The van der Waals surface area contributed by atoms with Gasteiger partial charge in [-0.25, -0.2) is 0 Å². The SMILES string of the molecule is Cc1cc(C)c(OCC(=O)NCC2CCCN2)c(C)c1. The van der Waals surface area contributed by atoms with Gasteiger partial charge in [0.05, 0.1) is 0 Å². The van der Waals surface area contributed by atoms with Gasteiger partial charge in [-0.05, 0) is 51.3 Å². The summed E-state index contributed by atoms with van der Waals surface area (Å²) in [6, 6.07) is 4.56. The Kier molecular flexibility index (Phi) is 5.01. The number of rotatable bonds is 5. The Labute approximate surface area is 120 Å². The van der Waals surface area contributed by atoms with Crippen molar-refractivity contribution >= 4 is 5.91 Å². The lowest BCUT2D eigenvalue weighted by Crippen LogP contribution is -2.39. The Balaban J connectivity index is 1.81. The highest BCUT2D eigenvalue weighted by Gasteiger charge is 2.15. The van der Waals surface area contributed by atoms with E-state index in [9.17, 15) is 4.79 Å². The minimum absolute atomic E-state index is 0.0573. The van der Waals surface area contributed by atoms with E-state index in [1.807, 2.05) is 13.8 Å². The van der Waals surface area contributed by atoms with Crippen LogP contribution in [-0.2, 0) is 4.79 Å². The highest BCUT2D eigenvalue weighted by atomic mass is 16.5. The molecule has 1 saturated heterocycles. The van der Waals surface area contributed by atoms with E-state index in [1.165, 1.54) is 12.0 Å². The molecule has 1 atom stereocenters. The number of aryl methyl sites for hydroxylation is 3. The maximum Gasteiger partial charge on any atom is 0.257 e. The topological polar surface area (TPSA) is 50.4 Å². The third-order valence-electron chi connectivity index (χ3n) is 3.66. The van der Waals surface area contributed by atoms with Crippen LogP contribution in [0.1, 0.15) is 29.5 Å². The van der Waals surface area contributed by atoms with Crippen molar-refractivity contribution in [3.05, 3.63) is 28.8 Å². The van der Waals surface area contributed by atoms with Gasteiger partial charge in [0.15, 0.2) is 6.61 Å². The first-order valence-corrected chi connectivity index (χ1v) is 7.27. The Bertz CT molecular complexity index is 456. The molecule has 1 aliphatic heterocycles. The van der Waals surface area contributed by atoms with Crippen LogP contribution in [0.2, 0.25) is 0 Å². The van der Waals surface area contributed by atoms with E-state index in [4.69, 9.17) is 4.74 Å². The number of benzene rings is 1. The van der Waals surface area contributed by atoms with E-state index >= 15 is 0 Å². The zero-order chi connectivity index (χ0) is 14.5. The molecule has 1 aliphatic rings. The summed E-state index contributed by atoms with van der Waals surface area (Å²) in [6.45, 7) is 7.90. The fraction of sp³-hybridized carbons (Fsp3) is 0.562. The fourth-order valence-electron chi connectivity index (χ4n) is 2.75. The van der Waals surface area contributed by atoms with Crippen LogP contribution in [0.3, 0.4) is 0 Å². The van der Waals surface area contributed by atoms with Crippen LogP contribution in [0.15, 0.2) is 12.1 Å². The van der Waals surface area contributed by atoms with Gasteiger partial charge in [0, 0.05) is 12.6 Å². The van der Waals surface area contributed by atoms with Gasteiger partial charge in [-0.1, -0.05) is 17.7 Å². The minimum Gasteiger partial charge on any atom is -0.483 e. The van der Waals surface area contributed by atoms with Crippen molar-refractivity contribution in [1.29, 1.82) is 0 Å². The summed E-state index contributed by atoms with van der Waals surface area (Å²) >= 11 is 0. The molecule has 0 aliphatic carbocycles. The lowest BCUT2D eigenvalue weighted by atomic mass is 10.1. The number of hydrogen-bond acceptors (Lipinski definition) is 3. The third kappa shape index (κ3) is 3.97. The van der Waals surface area contributed by atoms with Gasteiger partial charge in [-0.2, -0.15) is 0 Å². The molecular formula is C16H24N2O2. The highest BCUT2D eigenvalue weighted by molar-refractivity contribution is 5.77. The van der Waals surface area contributed by atoms with Crippen molar-refractivity contribution in [3.63, 3.8) is 0 Å². The molecule has 1 fully saturated rings. The van der Waals surface area contributed by atoms with Crippen molar-refractivity contribution in [1.82, 2.24) is 10.6 Å². The van der Waals surface area contributed by atoms with Crippen LogP contribution in [0, 0.1) is 20.8 Å². The Morgan fingerprint density at radius 3 is 2.65 bits per heavy atom. The molecule has 0 saturated carbocycles. The molecule has 4 heteroatoms. The summed E-state index contributed by atoms with van der Waals surface area (Å²) in [7, 11) is 0. The Morgan fingerprint density at radius 1 is 1.35 bits per heavy atom. The first kappa shape index (κ1) is 14.9. The lowest BCUT2D eigenvalue weighted by Gasteiger charge is -2.14. The fourth-order valence-corrected chi connectivity index (χ4v) is 2.75. The zero-order valence-electron chi connectivity index (χ0n) is 12.6. The molecule has 1 heterocycles. The van der Waals surface area contributed by atoms with Crippen molar-refractivity contribution in [2.75, 3.05) is 19.7 Å². The first-order valence-electron chi connectivity index (χ1n) is 7.27. The number of amides is 1. The molecule has 110 valence electrons. The second kappa shape index (κ2) is 6.75. The average molecular weight is 276 g/mol. The van der Waals surface area contributed by atoms with Crippen LogP contribution in [-0.4, -0.2) is 31.6 Å². The molecular weight excluding hydrogens is 252 g/mol. The number of nitrogens with one attached hydrogen (secondary N) is 2. The Morgan fingerprint density at radius 2 is 2.05 bits per heavy atom.